The van der Waals surface area contributed by atoms with Crippen LogP contribution >= 0.6 is 24.0 Å². The molecule has 3 aromatic rings. The van der Waals surface area contributed by atoms with Crippen LogP contribution in [0.25, 0.3) is 10.9 Å². The Labute approximate surface area is 167 Å². The van der Waals surface area contributed by atoms with E-state index in [1.807, 2.05) is 13.1 Å². The van der Waals surface area contributed by atoms with Crippen molar-refractivity contribution in [1.29, 1.82) is 0 Å². The highest BCUT2D eigenvalue weighted by Gasteiger charge is 2.22. The number of rotatable bonds is 3. The van der Waals surface area contributed by atoms with Gasteiger partial charge in [-0.05, 0) is 56.6 Å². The van der Waals surface area contributed by atoms with Gasteiger partial charge in [0.15, 0.2) is 0 Å². The molecule has 3 nitrogen and oxygen atoms in total. The number of fused-ring (bicyclic) bond motifs is 3. The van der Waals surface area contributed by atoms with Gasteiger partial charge in [0.2, 0.25) is 0 Å². The summed E-state index contributed by atoms with van der Waals surface area (Å²) in [7, 11) is 2.22. The van der Waals surface area contributed by atoms with Crippen molar-refractivity contribution >= 4 is 34.9 Å². The molecule has 0 atom stereocenters. The number of nitrogens with zero attached hydrogens (tertiary/aromatic N) is 3. The quantitative estimate of drug-likeness (QED) is 0.552. The standard InChI is InChI=1S/C21H25N3.HI/c1-15-4-7-20-18(12-15)19-14-23(3)10-9-21(19)24(20)11-8-17-6-5-16(2)22-13-17;/h4-7,12-13H,8-11,14H2,1-3H3;1H. The molecule has 4 rings (SSSR count). The van der Waals surface area contributed by atoms with E-state index in [-0.39, 0.29) is 24.0 Å². The number of aryl methyl sites for hydroxylation is 4. The molecule has 2 aromatic heterocycles. The predicted octanol–water partition coefficient (Wildman–Crippen LogP) is 4.50. The lowest BCUT2D eigenvalue weighted by Gasteiger charge is -2.24. The predicted molar refractivity (Wildman–Crippen MR) is 115 cm³/mol. The van der Waals surface area contributed by atoms with Crippen molar-refractivity contribution in [2.75, 3.05) is 13.6 Å². The molecule has 0 fully saturated rings. The average Bonchev–Trinajstić information content (AvgIpc) is 2.87. The highest BCUT2D eigenvalue weighted by Crippen LogP contribution is 2.31. The van der Waals surface area contributed by atoms with E-state index in [0.717, 1.165) is 38.2 Å². The van der Waals surface area contributed by atoms with Crippen LogP contribution in [0.1, 0.15) is 28.1 Å². The smallest absolute Gasteiger partial charge is 0.0486 e. The minimum atomic E-state index is 0. The summed E-state index contributed by atoms with van der Waals surface area (Å²) >= 11 is 0. The van der Waals surface area contributed by atoms with E-state index in [1.54, 1.807) is 0 Å². The molecule has 0 saturated carbocycles. The van der Waals surface area contributed by atoms with Gasteiger partial charge >= 0.3 is 0 Å². The first kappa shape index (κ1) is 18.4. The number of pyridine rings is 1. The third kappa shape index (κ3) is 3.60. The Balaban J connectivity index is 0.00000182. The number of aromatic nitrogens is 2. The van der Waals surface area contributed by atoms with Crippen molar-refractivity contribution in [3.05, 3.63) is 64.6 Å². The van der Waals surface area contributed by atoms with Crippen molar-refractivity contribution in [3.8, 4) is 0 Å². The minimum absolute atomic E-state index is 0. The monoisotopic (exact) mass is 447 g/mol. The topological polar surface area (TPSA) is 21.1 Å². The normalized spacial score (nSPS) is 14.4. The van der Waals surface area contributed by atoms with Crippen LogP contribution < -0.4 is 0 Å². The summed E-state index contributed by atoms with van der Waals surface area (Å²) in [6.07, 6.45) is 4.20. The second kappa shape index (κ2) is 7.46. The molecule has 132 valence electrons. The largest absolute Gasteiger partial charge is 0.344 e. The first-order chi connectivity index (χ1) is 11.6. The molecule has 0 aliphatic carbocycles. The van der Waals surface area contributed by atoms with Crippen molar-refractivity contribution in [2.24, 2.45) is 0 Å². The van der Waals surface area contributed by atoms with Crippen LogP contribution in [0, 0.1) is 13.8 Å². The minimum Gasteiger partial charge on any atom is -0.344 e. The highest BCUT2D eigenvalue weighted by atomic mass is 127. The second-order valence-electron chi connectivity index (χ2n) is 7.14. The van der Waals surface area contributed by atoms with Crippen molar-refractivity contribution in [2.45, 2.75) is 39.8 Å². The van der Waals surface area contributed by atoms with E-state index in [2.05, 4.69) is 58.8 Å². The number of halogens is 1. The van der Waals surface area contributed by atoms with E-state index in [1.165, 1.54) is 33.3 Å². The summed E-state index contributed by atoms with van der Waals surface area (Å²) in [6, 6.07) is 11.2. The summed E-state index contributed by atoms with van der Waals surface area (Å²) in [4.78, 5) is 6.86. The fourth-order valence-corrected chi connectivity index (χ4v) is 3.84. The van der Waals surface area contributed by atoms with Crippen LogP contribution in [0.4, 0.5) is 0 Å². The lowest BCUT2D eigenvalue weighted by molar-refractivity contribution is 0.309. The first-order valence-electron chi connectivity index (χ1n) is 8.82. The van der Waals surface area contributed by atoms with Gasteiger partial charge in [0.05, 0.1) is 0 Å². The van der Waals surface area contributed by atoms with E-state index in [4.69, 9.17) is 0 Å². The molecular weight excluding hydrogens is 421 g/mol. The Morgan fingerprint density at radius 2 is 1.96 bits per heavy atom. The van der Waals surface area contributed by atoms with Gasteiger partial charge in [0.1, 0.15) is 0 Å². The average molecular weight is 447 g/mol. The fraction of sp³-hybridized carbons (Fsp3) is 0.381. The number of benzene rings is 1. The number of likely N-dealkylation sites (N-methyl/N-ethyl adjacent to an activating group) is 1. The van der Waals surface area contributed by atoms with Crippen LogP contribution in [0.15, 0.2) is 36.5 Å². The lowest BCUT2D eigenvalue weighted by atomic mass is 10.0. The third-order valence-corrected chi connectivity index (χ3v) is 5.20. The summed E-state index contributed by atoms with van der Waals surface area (Å²) in [5.41, 5.74) is 8.20. The lowest BCUT2D eigenvalue weighted by Crippen LogP contribution is -2.27. The summed E-state index contributed by atoms with van der Waals surface area (Å²) in [6.45, 7) is 7.47. The number of hydrogen-bond donors (Lipinski definition) is 0. The Bertz CT molecular complexity index is 880. The summed E-state index contributed by atoms with van der Waals surface area (Å²) in [5.74, 6) is 0. The zero-order valence-corrected chi connectivity index (χ0v) is 17.6. The Hall–Kier alpha value is -1.40. The molecule has 0 amide bonds. The van der Waals surface area contributed by atoms with Crippen molar-refractivity contribution < 1.29 is 0 Å². The molecule has 1 aromatic carbocycles. The third-order valence-electron chi connectivity index (χ3n) is 5.20. The van der Waals surface area contributed by atoms with Crippen LogP contribution in [-0.4, -0.2) is 28.0 Å². The number of hydrogen-bond acceptors (Lipinski definition) is 2. The van der Waals surface area contributed by atoms with E-state index >= 15 is 0 Å². The van der Waals surface area contributed by atoms with Gasteiger partial charge < -0.3 is 9.47 Å². The molecule has 0 N–H and O–H groups in total. The van der Waals surface area contributed by atoms with Gasteiger partial charge in [-0.15, -0.1) is 24.0 Å². The first-order valence-corrected chi connectivity index (χ1v) is 8.82. The molecule has 25 heavy (non-hydrogen) atoms. The van der Waals surface area contributed by atoms with Gasteiger partial charge in [-0.1, -0.05) is 17.7 Å². The second-order valence-corrected chi connectivity index (χ2v) is 7.14. The van der Waals surface area contributed by atoms with E-state index < -0.39 is 0 Å². The van der Waals surface area contributed by atoms with Crippen molar-refractivity contribution in [3.63, 3.8) is 0 Å². The summed E-state index contributed by atoms with van der Waals surface area (Å²) < 4.78 is 2.55. The molecule has 0 saturated heterocycles. The molecular formula is C21H26IN3. The molecule has 0 radical (unpaired) electrons. The SMILES string of the molecule is Cc1ccc2c(c1)c1c(n2CCc2ccc(C)nc2)CCN(C)C1.I. The Morgan fingerprint density at radius 1 is 1.12 bits per heavy atom. The van der Waals surface area contributed by atoms with Gasteiger partial charge in [-0.25, -0.2) is 0 Å². The van der Waals surface area contributed by atoms with E-state index in [9.17, 15) is 0 Å². The molecule has 1 aliphatic rings. The van der Waals surface area contributed by atoms with Crippen LogP contribution in [0.2, 0.25) is 0 Å². The zero-order chi connectivity index (χ0) is 16.7. The van der Waals surface area contributed by atoms with E-state index in [0.29, 0.717) is 0 Å². The molecule has 4 heteroatoms. The Kier molecular flexibility index (Phi) is 5.49. The van der Waals surface area contributed by atoms with Crippen LogP contribution in [-0.2, 0) is 25.9 Å². The molecule has 0 spiro atoms. The van der Waals surface area contributed by atoms with Gasteiger partial charge in [-0.3, -0.25) is 4.98 Å². The van der Waals surface area contributed by atoms with Gasteiger partial charge in [0, 0.05) is 54.5 Å². The zero-order valence-electron chi connectivity index (χ0n) is 15.2. The molecule has 0 bridgehead atoms. The highest BCUT2D eigenvalue weighted by molar-refractivity contribution is 14.0. The van der Waals surface area contributed by atoms with Gasteiger partial charge in [-0.2, -0.15) is 0 Å². The molecule has 1 aliphatic heterocycles. The fourth-order valence-electron chi connectivity index (χ4n) is 3.84. The summed E-state index contributed by atoms with van der Waals surface area (Å²) in [5, 5.41) is 1.44. The van der Waals surface area contributed by atoms with Crippen molar-refractivity contribution in [1.82, 2.24) is 14.5 Å². The van der Waals surface area contributed by atoms with Gasteiger partial charge in [0.25, 0.3) is 0 Å². The maximum Gasteiger partial charge on any atom is 0.0486 e. The van der Waals surface area contributed by atoms with Crippen LogP contribution in [0.3, 0.4) is 0 Å². The molecule has 3 heterocycles. The molecule has 0 unspecified atom stereocenters. The Morgan fingerprint density at radius 3 is 2.72 bits per heavy atom. The van der Waals surface area contributed by atoms with Crippen LogP contribution in [0.5, 0.6) is 0 Å². The maximum absolute atomic E-state index is 4.43. The maximum atomic E-state index is 4.43.